The summed E-state index contributed by atoms with van der Waals surface area (Å²) in [6.07, 6.45) is 4.98. The monoisotopic (exact) mass is 242 g/mol. The van der Waals surface area contributed by atoms with Gasteiger partial charge in [-0.1, -0.05) is 34.6 Å². The summed E-state index contributed by atoms with van der Waals surface area (Å²) >= 11 is 0. The fourth-order valence-electron chi connectivity index (χ4n) is 2.96. The van der Waals surface area contributed by atoms with Gasteiger partial charge in [-0.3, -0.25) is 0 Å². The third kappa shape index (κ3) is 4.59. The summed E-state index contributed by atoms with van der Waals surface area (Å²) in [6, 6.07) is 0. The summed E-state index contributed by atoms with van der Waals surface area (Å²) in [5.41, 5.74) is 0.342. The van der Waals surface area contributed by atoms with Crippen LogP contribution in [-0.4, -0.2) is 24.4 Å². The van der Waals surface area contributed by atoms with Crippen molar-refractivity contribution in [1.29, 1.82) is 0 Å². The maximum atomic E-state index is 9.39. The van der Waals surface area contributed by atoms with Gasteiger partial charge in [-0.15, -0.1) is 0 Å². The lowest BCUT2D eigenvalue weighted by atomic mass is 9.71. The Bertz CT molecular complexity index is 231. The molecule has 0 aliphatic heterocycles. The minimum Gasteiger partial charge on any atom is -0.396 e. The first-order valence-corrected chi connectivity index (χ1v) is 7.03. The maximum Gasteiger partial charge on any atom is 0.0583 e. The van der Waals surface area contributed by atoms with Gasteiger partial charge in [0.25, 0.3) is 0 Å². The van der Waals surface area contributed by atoms with Gasteiger partial charge in [0.05, 0.1) is 19.3 Å². The van der Waals surface area contributed by atoms with E-state index in [9.17, 15) is 5.11 Å². The van der Waals surface area contributed by atoms with Gasteiger partial charge >= 0.3 is 0 Å². The molecule has 1 aliphatic rings. The molecule has 102 valence electrons. The molecular formula is C15H30O2. The van der Waals surface area contributed by atoms with Crippen LogP contribution in [0, 0.1) is 16.7 Å². The Kier molecular flexibility index (Phi) is 5.03. The lowest BCUT2D eigenvalue weighted by Crippen LogP contribution is -2.36. The molecule has 1 fully saturated rings. The van der Waals surface area contributed by atoms with Crippen LogP contribution in [0.4, 0.5) is 0 Å². The molecule has 1 rings (SSSR count). The molecule has 0 aromatic rings. The van der Waals surface area contributed by atoms with Crippen LogP contribution in [0.15, 0.2) is 0 Å². The number of ether oxygens (including phenoxy) is 1. The third-order valence-electron chi connectivity index (χ3n) is 4.25. The Morgan fingerprint density at radius 1 is 1.35 bits per heavy atom. The Hall–Kier alpha value is -0.0800. The van der Waals surface area contributed by atoms with E-state index < -0.39 is 0 Å². The smallest absolute Gasteiger partial charge is 0.0583 e. The Balaban J connectivity index is 2.46. The van der Waals surface area contributed by atoms with E-state index in [0.29, 0.717) is 18.1 Å². The van der Waals surface area contributed by atoms with Crippen LogP contribution in [0.1, 0.15) is 60.3 Å². The molecule has 0 amide bonds. The molecule has 17 heavy (non-hydrogen) atoms. The first-order valence-electron chi connectivity index (χ1n) is 7.03. The molecule has 1 N–H and O–H groups in total. The van der Waals surface area contributed by atoms with Gasteiger partial charge in [0, 0.05) is 5.41 Å². The zero-order chi connectivity index (χ0) is 13.1. The van der Waals surface area contributed by atoms with Crippen LogP contribution in [0.3, 0.4) is 0 Å². The van der Waals surface area contributed by atoms with Crippen LogP contribution in [-0.2, 0) is 4.74 Å². The first kappa shape index (κ1) is 15.0. The van der Waals surface area contributed by atoms with E-state index in [1.54, 1.807) is 0 Å². The van der Waals surface area contributed by atoms with Crippen molar-refractivity contribution in [3.8, 4) is 0 Å². The van der Waals surface area contributed by atoms with E-state index in [4.69, 9.17) is 4.74 Å². The van der Waals surface area contributed by atoms with E-state index in [0.717, 1.165) is 18.8 Å². The number of hydrogen-bond donors (Lipinski definition) is 1. The molecule has 0 aromatic carbocycles. The second-order valence-electron chi connectivity index (χ2n) is 7.17. The van der Waals surface area contributed by atoms with Crippen LogP contribution in [0.25, 0.3) is 0 Å². The molecule has 3 atom stereocenters. The predicted molar refractivity (Wildman–Crippen MR) is 72.0 cm³/mol. The molecular weight excluding hydrogens is 212 g/mol. The molecule has 0 heterocycles. The summed E-state index contributed by atoms with van der Waals surface area (Å²) in [5.74, 6) is 0.755. The number of aliphatic hydroxyl groups is 1. The average molecular weight is 242 g/mol. The molecule has 0 radical (unpaired) electrons. The Labute approximate surface area is 107 Å². The van der Waals surface area contributed by atoms with Crippen LogP contribution < -0.4 is 0 Å². The summed E-state index contributed by atoms with van der Waals surface area (Å²) in [6.45, 7) is 12.1. The lowest BCUT2D eigenvalue weighted by Gasteiger charge is -2.40. The molecule has 0 bridgehead atoms. The van der Waals surface area contributed by atoms with Crippen molar-refractivity contribution in [2.24, 2.45) is 16.7 Å². The number of hydrogen-bond acceptors (Lipinski definition) is 2. The van der Waals surface area contributed by atoms with Gasteiger partial charge in [0.15, 0.2) is 0 Å². The second kappa shape index (κ2) is 5.71. The van der Waals surface area contributed by atoms with Gasteiger partial charge in [0.1, 0.15) is 0 Å². The first-order chi connectivity index (χ1) is 7.80. The van der Waals surface area contributed by atoms with Crippen LogP contribution in [0.5, 0.6) is 0 Å². The van der Waals surface area contributed by atoms with Crippen molar-refractivity contribution in [2.75, 3.05) is 13.2 Å². The fourth-order valence-corrected chi connectivity index (χ4v) is 2.96. The zero-order valence-corrected chi connectivity index (χ0v) is 12.3. The summed E-state index contributed by atoms with van der Waals surface area (Å²) < 4.78 is 6.08. The van der Waals surface area contributed by atoms with Crippen molar-refractivity contribution in [3.05, 3.63) is 0 Å². The Morgan fingerprint density at radius 2 is 2.00 bits per heavy atom. The van der Waals surface area contributed by atoms with Crippen molar-refractivity contribution in [2.45, 2.75) is 66.4 Å². The summed E-state index contributed by atoms with van der Waals surface area (Å²) in [7, 11) is 0. The molecule has 0 spiro atoms. The van der Waals surface area contributed by atoms with E-state index in [-0.39, 0.29) is 12.0 Å². The highest BCUT2D eigenvalue weighted by Gasteiger charge is 2.33. The normalized spacial score (nSPS) is 32.1. The zero-order valence-electron chi connectivity index (χ0n) is 12.3. The number of aliphatic hydroxyl groups excluding tert-OH is 1. The minimum absolute atomic E-state index is 0.0647. The average Bonchev–Trinajstić information content (AvgIpc) is 2.23. The van der Waals surface area contributed by atoms with E-state index in [2.05, 4.69) is 34.6 Å². The molecule has 3 unspecified atom stereocenters. The predicted octanol–water partition coefficient (Wildman–Crippen LogP) is 3.63. The molecule has 0 aromatic heterocycles. The van der Waals surface area contributed by atoms with E-state index in [1.807, 2.05) is 0 Å². The molecule has 0 saturated heterocycles. The standard InChI is InChI=1S/C15H30O2/c1-6-15(5,10-16)11-17-13-7-12(2)8-14(3,4)9-13/h12-13,16H,6-11H2,1-5H3. The summed E-state index contributed by atoms with van der Waals surface area (Å²) in [4.78, 5) is 0. The highest BCUT2D eigenvalue weighted by Crippen LogP contribution is 2.40. The largest absolute Gasteiger partial charge is 0.396 e. The van der Waals surface area contributed by atoms with E-state index >= 15 is 0 Å². The van der Waals surface area contributed by atoms with Crippen molar-refractivity contribution in [3.63, 3.8) is 0 Å². The van der Waals surface area contributed by atoms with Gasteiger partial charge in [-0.25, -0.2) is 0 Å². The van der Waals surface area contributed by atoms with Gasteiger partial charge in [-0.05, 0) is 37.0 Å². The van der Waals surface area contributed by atoms with Crippen LogP contribution >= 0.6 is 0 Å². The van der Waals surface area contributed by atoms with Crippen molar-refractivity contribution >= 4 is 0 Å². The Morgan fingerprint density at radius 3 is 2.47 bits per heavy atom. The second-order valence-corrected chi connectivity index (χ2v) is 7.17. The van der Waals surface area contributed by atoms with Gasteiger partial charge in [0.2, 0.25) is 0 Å². The lowest BCUT2D eigenvalue weighted by molar-refractivity contribution is -0.0673. The quantitative estimate of drug-likeness (QED) is 0.798. The van der Waals surface area contributed by atoms with Crippen molar-refractivity contribution < 1.29 is 9.84 Å². The topological polar surface area (TPSA) is 29.5 Å². The molecule has 2 heteroatoms. The number of rotatable bonds is 5. The van der Waals surface area contributed by atoms with Crippen LogP contribution in [0.2, 0.25) is 0 Å². The minimum atomic E-state index is -0.0647. The molecule has 1 aliphatic carbocycles. The van der Waals surface area contributed by atoms with Crippen molar-refractivity contribution in [1.82, 2.24) is 0 Å². The highest BCUT2D eigenvalue weighted by atomic mass is 16.5. The van der Waals surface area contributed by atoms with Gasteiger partial charge in [-0.2, -0.15) is 0 Å². The van der Waals surface area contributed by atoms with E-state index in [1.165, 1.54) is 12.8 Å². The SMILES string of the molecule is CCC(C)(CO)COC1CC(C)CC(C)(C)C1. The maximum absolute atomic E-state index is 9.39. The highest BCUT2D eigenvalue weighted by molar-refractivity contribution is 4.84. The fraction of sp³-hybridized carbons (Fsp3) is 1.00. The summed E-state index contributed by atoms with van der Waals surface area (Å²) in [5, 5.41) is 9.39. The third-order valence-corrected chi connectivity index (χ3v) is 4.25. The van der Waals surface area contributed by atoms with Gasteiger partial charge < -0.3 is 9.84 Å². The molecule has 1 saturated carbocycles. The molecule has 2 nitrogen and oxygen atoms in total.